The molecule has 0 amide bonds. The number of nitrogens with two attached hydrogens (primary N) is 1. The molecule has 0 aromatic carbocycles. The minimum Gasteiger partial charge on any atom is -0.397 e. The maximum Gasteiger partial charge on any atom is 0.125 e. The molecule has 0 aliphatic heterocycles. The molecule has 4 nitrogen and oxygen atoms in total. The molecule has 2 rings (SSSR count). The Kier molecular flexibility index (Phi) is 2.10. The molecule has 0 saturated carbocycles. The van der Waals surface area contributed by atoms with Gasteiger partial charge in [0.1, 0.15) is 5.82 Å². The van der Waals surface area contributed by atoms with Crippen molar-refractivity contribution in [3.8, 4) is 11.3 Å². The molecule has 0 saturated heterocycles. The minimum absolute atomic E-state index is 0.654. The van der Waals surface area contributed by atoms with Gasteiger partial charge >= 0.3 is 0 Å². The van der Waals surface area contributed by atoms with Gasteiger partial charge in [-0.1, -0.05) is 0 Å². The molecule has 70 valence electrons. The smallest absolute Gasteiger partial charge is 0.125 e. The molecule has 0 aliphatic rings. The lowest BCUT2D eigenvalue weighted by Gasteiger charge is -1.99. The second-order valence-corrected chi connectivity index (χ2v) is 3.00. The number of nitrogens with zero attached hydrogens (tertiary/aromatic N) is 3. The molecule has 0 unspecified atom stereocenters. The van der Waals surface area contributed by atoms with Crippen molar-refractivity contribution in [2.75, 3.05) is 5.73 Å². The van der Waals surface area contributed by atoms with Crippen LogP contribution in [0.4, 0.5) is 5.69 Å². The number of nitrogen functional groups attached to an aromatic ring is 1. The van der Waals surface area contributed by atoms with Gasteiger partial charge in [0.2, 0.25) is 0 Å². The van der Waals surface area contributed by atoms with Gasteiger partial charge in [-0.25, -0.2) is 9.97 Å². The van der Waals surface area contributed by atoms with Crippen LogP contribution in [0.5, 0.6) is 0 Å². The normalized spacial score (nSPS) is 10.1. The number of anilines is 1. The van der Waals surface area contributed by atoms with E-state index in [0.29, 0.717) is 5.69 Å². The van der Waals surface area contributed by atoms with E-state index >= 15 is 0 Å². The van der Waals surface area contributed by atoms with Gasteiger partial charge in [-0.2, -0.15) is 0 Å². The van der Waals surface area contributed by atoms with E-state index in [1.54, 1.807) is 18.6 Å². The molecule has 0 radical (unpaired) electrons. The van der Waals surface area contributed by atoms with Gasteiger partial charge in [0, 0.05) is 18.0 Å². The van der Waals surface area contributed by atoms with Crippen molar-refractivity contribution in [2.45, 2.75) is 6.92 Å². The molecule has 2 heterocycles. The summed E-state index contributed by atoms with van der Waals surface area (Å²) < 4.78 is 0. The Bertz CT molecular complexity index is 375. The van der Waals surface area contributed by atoms with E-state index < -0.39 is 0 Å². The van der Waals surface area contributed by atoms with Crippen LogP contribution in [0, 0.1) is 6.92 Å². The zero-order valence-corrected chi connectivity index (χ0v) is 7.81. The summed E-state index contributed by atoms with van der Waals surface area (Å²) >= 11 is 0. The maximum atomic E-state index is 5.54. The number of hydrogen-bond donors (Lipinski definition) is 1. The topological polar surface area (TPSA) is 64.7 Å². The quantitative estimate of drug-likeness (QED) is 0.731. The van der Waals surface area contributed by atoms with Crippen LogP contribution in [0.2, 0.25) is 0 Å². The van der Waals surface area contributed by atoms with Crippen LogP contribution in [-0.4, -0.2) is 15.0 Å². The molecule has 2 aromatic rings. The molecule has 4 heteroatoms. The first kappa shape index (κ1) is 8.62. The Labute approximate surface area is 81.9 Å². The summed E-state index contributed by atoms with van der Waals surface area (Å²) in [6, 6.07) is 3.66. The first-order chi connectivity index (χ1) is 6.75. The van der Waals surface area contributed by atoms with Gasteiger partial charge in [-0.15, -0.1) is 0 Å². The van der Waals surface area contributed by atoms with Crippen LogP contribution in [0.25, 0.3) is 11.3 Å². The minimum atomic E-state index is 0.654. The fourth-order valence-corrected chi connectivity index (χ4v) is 1.10. The van der Waals surface area contributed by atoms with Gasteiger partial charge in [0.25, 0.3) is 0 Å². The van der Waals surface area contributed by atoms with Gasteiger partial charge < -0.3 is 5.73 Å². The van der Waals surface area contributed by atoms with Crippen LogP contribution < -0.4 is 5.73 Å². The van der Waals surface area contributed by atoms with E-state index in [1.165, 1.54) is 0 Å². The van der Waals surface area contributed by atoms with Crippen LogP contribution in [-0.2, 0) is 0 Å². The molecule has 2 aromatic heterocycles. The molecule has 14 heavy (non-hydrogen) atoms. The molecule has 0 atom stereocenters. The molecule has 0 bridgehead atoms. The van der Waals surface area contributed by atoms with Crippen molar-refractivity contribution in [3.05, 3.63) is 36.5 Å². The van der Waals surface area contributed by atoms with Gasteiger partial charge in [-0.3, -0.25) is 4.98 Å². The van der Waals surface area contributed by atoms with Crippen molar-refractivity contribution in [1.29, 1.82) is 0 Å². The SMILES string of the molecule is Cc1ncc(-c2ccc(N)cn2)cn1. The highest BCUT2D eigenvalue weighted by Gasteiger charge is 1.99. The summed E-state index contributed by atoms with van der Waals surface area (Å²) in [6.07, 6.45) is 5.12. The molecule has 0 aliphatic carbocycles. The van der Waals surface area contributed by atoms with Crippen molar-refractivity contribution in [2.24, 2.45) is 0 Å². The van der Waals surface area contributed by atoms with E-state index in [1.807, 2.05) is 19.1 Å². The zero-order chi connectivity index (χ0) is 9.97. The van der Waals surface area contributed by atoms with Crippen molar-refractivity contribution < 1.29 is 0 Å². The fraction of sp³-hybridized carbons (Fsp3) is 0.100. The Morgan fingerprint density at radius 1 is 1.00 bits per heavy atom. The Hall–Kier alpha value is -1.97. The van der Waals surface area contributed by atoms with Crippen LogP contribution in [0.1, 0.15) is 5.82 Å². The molecular weight excluding hydrogens is 176 g/mol. The molecular formula is C10H10N4. The van der Waals surface area contributed by atoms with Gasteiger partial charge in [0.05, 0.1) is 17.6 Å². The lowest BCUT2D eigenvalue weighted by Crippen LogP contribution is -1.91. The molecule has 2 N–H and O–H groups in total. The van der Waals surface area contributed by atoms with Crippen LogP contribution in [0.3, 0.4) is 0 Å². The highest BCUT2D eigenvalue weighted by molar-refractivity contribution is 5.58. The first-order valence-electron chi connectivity index (χ1n) is 4.26. The standard InChI is InChI=1S/C10H10N4/c1-7-12-4-8(5-13-7)10-3-2-9(11)6-14-10/h2-6H,11H2,1H3. The van der Waals surface area contributed by atoms with Crippen molar-refractivity contribution in [3.63, 3.8) is 0 Å². The van der Waals surface area contributed by atoms with Crippen LogP contribution >= 0.6 is 0 Å². The molecule has 0 fully saturated rings. The first-order valence-corrected chi connectivity index (χ1v) is 4.26. The number of aromatic nitrogens is 3. The van der Waals surface area contributed by atoms with E-state index in [9.17, 15) is 0 Å². The highest BCUT2D eigenvalue weighted by atomic mass is 14.9. The lowest BCUT2D eigenvalue weighted by molar-refractivity contribution is 1.05. The number of hydrogen-bond acceptors (Lipinski definition) is 4. The summed E-state index contributed by atoms with van der Waals surface area (Å²) in [5.41, 5.74) is 7.92. The summed E-state index contributed by atoms with van der Waals surface area (Å²) in [6.45, 7) is 1.85. The Morgan fingerprint density at radius 3 is 2.29 bits per heavy atom. The number of rotatable bonds is 1. The number of pyridine rings is 1. The third-order valence-corrected chi connectivity index (χ3v) is 1.86. The average Bonchev–Trinajstić information content (AvgIpc) is 2.21. The summed E-state index contributed by atoms with van der Waals surface area (Å²) in [4.78, 5) is 12.4. The second kappa shape index (κ2) is 3.41. The largest absolute Gasteiger partial charge is 0.397 e. The third-order valence-electron chi connectivity index (χ3n) is 1.86. The fourth-order valence-electron chi connectivity index (χ4n) is 1.10. The Morgan fingerprint density at radius 2 is 1.71 bits per heavy atom. The van der Waals surface area contributed by atoms with E-state index in [0.717, 1.165) is 17.1 Å². The highest BCUT2D eigenvalue weighted by Crippen LogP contribution is 2.15. The summed E-state index contributed by atoms with van der Waals surface area (Å²) in [5.74, 6) is 0.754. The van der Waals surface area contributed by atoms with E-state index in [-0.39, 0.29) is 0 Å². The van der Waals surface area contributed by atoms with Crippen molar-refractivity contribution in [1.82, 2.24) is 15.0 Å². The van der Waals surface area contributed by atoms with E-state index in [2.05, 4.69) is 15.0 Å². The molecule has 0 spiro atoms. The van der Waals surface area contributed by atoms with Gasteiger partial charge in [-0.05, 0) is 19.1 Å². The summed E-state index contributed by atoms with van der Waals surface area (Å²) in [5, 5.41) is 0. The average molecular weight is 186 g/mol. The monoisotopic (exact) mass is 186 g/mol. The number of aryl methyl sites for hydroxylation is 1. The Balaban J connectivity index is 2.40. The lowest BCUT2D eigenvalue weighted by atomic mass is 10.2. The van der Waals surface area contributed by atoms with Crippen LogP contribution in [0.15, 0.2) is 30.7 Å². The maximum absolute atomic E-state index is 5.54. The summed E-state index contributed by atoms with van der Waals surface area (Å²) in [7, 11) is 0. The second-order valence-electron chi connectivity index (χ2n) is 3.00. The van der Waals surface area contributed by atoms with Crippen molar-refractivity contribution >= 4 is 5.69 Å². The van der Waals surface area contributed by atoms with Gasteiger partial charge in [0.15, 0.2) is 0 Å². The predicted octanol–water partition coefficient (Wildman–Crippen LogP) is 1.43. The third kappa shape index (κ3) is 1.69. The zero-order valence-electron chi connectivity index (χ0n) is 7.81. The predicted molar refractivity (Wildman–Crippen MR) is 54.4 cm³/mol. The van der Waals surface area contributed by atoms with E-state index in [4.69, 9.17) is 5.73 Å².